The molecule has 1 amide bonds. The number of aryl methyl sites for hydroxylation is 1. The Kier molecular flexibility index (Phi) is 4.45. The molecule has 1 aliphatic rings. The van der Waals surface area contributed by atoms with Crippen molar-refractivity contribution in [1.29, 1.82) is 0 Å². The number of fused-ring (bicyclic) bond motifs is 1. The number of carbonyl (C=O) groups is 1. The maximum atomic E-state index is 11.9. The number of aromatic nitrogens is 1. The zero-order chi connectivity index (χ0) is 15.5. The smallest absolute Gasteiger partial charge is 0.289 e. The van der Waals surface area contributed by atoms with E-state index >= 15 is 0 Å². The molecule has 1 aromatic carbocycles. The highest BCUT2D eigenvalue weighted by atomic mass is 35.5. The van der Waals surface area contributed by atoms with Gasteiger partial charge < -0.3 is 9.84 Å². The molecule has 1 aromatic heterocycles. The number of nitrogens with zero attached hydrogens (tertiary/aromatic N) is 2. The fourth-order valence-corrected chi connectivity index (χ4v) is 2.99. The lowest BCUT2D eigenvalue weighted by Crippen LogP contribution is -2.37. The van der Waals surface area contributed by atoms with Crippen LogP contribution in [0, 0.1) is 6.92 Å². The van der Waals surface area contributed by atoms with Crippen molar-refractivity contribution in [1.82, 2.24) is 15.4 Å². The molecule has 5 nitrogen and oxygen atoms in total. The SMILES string of the molecule is Cc1cc(C(=O)NCCN2CCc3c(Cl)cccc3C2)on1. The lowest BCUT2D eigenvalue weighted by Gasteiger charge is -2.29. The van der Waals surface area contributed by atoms with E-state index < -0.39 is 0 Å². The molecule has 0 bridgehead atoms. The van der Waals surface area contributed by atoms with Crippen LogP contribution in [0.3, 0.4) is 0 Å². The molecule has 6 heteroatoms. The van der Waals surface area contributed by atoms with Crippen LogP contribution in [0.5, 0.6) is 0 Å². The van der Waals surface area contributed by atoms with Gasteiger partial charge in [0.2, 0.25) is 5.76 Å². The van der Waals surface area contributed by atoms with E-state index in [1.165, 1.54) is 11.1 Å². The van der Waals surface area contributed by atoms with Crippen LogP contribution < -0.4 is 5.32 Å². The van der Waals surface area contributed by atoms with Crippen LogP contribution in [0.1, 0.15) is 27.4 Å². The van der Waals surface area contributed by atoms with Gasteiger partial charge in [0, 0.05) is 37.3 Å². The maximum Gasteiger partial charge on any atom is 0.289 e. The van der Waals surface area contributed by atoms with Crippen molar-refractivity contribution >= 4 is 17.5 Å². The van der Waals surface area contributed by atoms with E-state index in [0.717, 1.165) is 31.1 Å². The minimum Gasteiger partial charge on any atom is -0.351 e. The van der Waals surface area contributed by atoms with Crippen molar-refractivity contribution in [3.8, 4) is 0 Å². The highest BCUT2D eigenvalue weighted by Crippen LogP contribution is 2.25. The van der Waals surface area contributed by atoms with Crippen molar-refractivity contribution in [2.24, 2.45) is 0 Å². The number of carbonyl (C=O) groups excluding carboxylic acids is 1. The lowest BCUT2D eigenvalue weighted by molar-refractivity contribution is 0.0910. The van der Waals surface area contributed by atoms with Crippen LogP contribution in [0.25, 0.3) is 0 Å². The van der Waals surface area contributed by atoms with Gasteiger partial charge in [-0.25, -0.2) is 0 Å². The zero-order valence-corrected chi connectivity index (χ0v) is 13.2. The standard InChI is InChI=1S/C16H18ClN3O2/c1-11-9-15(22-19-11)16(21)18-6-8-20-7-5-13-12(10-20)3-2-4-14(13)17/h2-4,9H,5-8,10H2,1H3,(H,18,21). The number of hydrogen-bond donors (Lipinski definition) is 1. The molecular weight excluding hydrogens is 302 g/mol. The van der Waals surface area contributed by atoms with Crippen LogP contribution in [0.2, 0.25) is 5.02 Å². The van der Waals surface area contributed by atoms with Crippen molar-refractivity contribution in [2.45, 2.75) is 19.9 Å². The minimum atomic E-state index is -0.221. The van der Waals surface area contributed by atoms with Crippen molar-refractivity contribution in [2.75, 3.05) is 19.6 Å². The van der Waals surface area contributed by atoms with Crippen LogP contribution in [0.4, 0.5) is 0 Å². The fraction of sp³-hybridized carbons (Fsp3) is 0.375. The van der Waals surface area contributed by atoms with Gasteiger partial charge in [-0.05, 0) is 30.5 Å². The normalized spacial score (nSPS) is 14.6. The molecule has 0 radical (unpaired) electrons. The van der Waals surface area contributed by atoms with E-state index in [4.69, 9.17) is 16.1 Å². The number of nitrogens with one attached hydrogen (secondary N) is 1. The van der Waals surface area contributed by atoms with E-state index in [1.54, 1.807) is 13.0 Å². The molecule has 3 rings (SSSR count). The van der Waals surface area contributed by atoms with Gasteiger partial charge in [-0.3, -0.25) is 9.69 Å². The summed E-state index contributed by atoms with van der Waals surface area (Å²) in [5, 5.41) is 7.42. The first-order valence-corrected chi connectivity index (χ1v) is 7.71. The Balaban J connectivity index is 1.50. The Labute approximate surface area is 134 Å². The molecule has 2 aromatic rings. The second-order valence-corrected chi connectivity index (χ2v) is 5.90. The van der Waals surface area contributed by atoms with E-state index in [2.05, 4.69) is 21.4 Å². The van der Waals surface area contributed by atoms with E-state index in [1.807, 2.05) is 12.1 Å². The molecule has 2 heterocycles. The third-order valence-corrected chi connectivity index (χ3v) is 4.21. The maximum absolute atomic E-state index is 11.9. The summed E-state index contributed by atoms with van der Waals surface area (Å²) in [5.41, 5.74) is 3.23. The Morgan fingerprint density at radius 2 is 2.36 bits per heavy atom. The highest BCUT2D eigenvalue weighted by Gasteiger charge is 2.18. The molecule has 116 valence electrons. The molecule has 0 unspecified atom stereocenters. The molecule has 0 atom stereocenters. The Morgan fingerprint density at radius 3 is 3.14 bits per heavy atom. The van der Waals surface area contributed by atoms with E-state index in [-0.39, 0.29) is 11.7 Å². The number of hydrogen-bond acceptors (Lipinski definition) is 4. The second kappa shape index (κ2) is 6.50. The summed E-state index contributed by atoms with van der Waals surface area (Å²) in [5.74, 6) is 0.0364. The molecule has 0 spiro atoms. The molecule has 0 aliphatic carbocycles. The summed E-state index contributed by atoms with van der Waals surface area (Å²) in [6.07, 6.45) is 0.949. The minimum absolute atomic E-state index is 0.221. The zero-order valence-electron chi connectivity index (χ0n) is 12.4. The van der Waals surface area contributed by atoms with Gasteiger partial charge >= 0.3 is 0 Å². The van der Waals surface area contributed by atoms with E-state index in [9.17, 15) is 4.79 Å². The molecule has 0 saturated heterocycles. The Bertz CT molecular complexity index is 684. The fourth-order valence-electron chi connectivity index (χ4n) is 2.70. The first kappa shape index (κ1) is 15.1. The second-order valence-electron chi connectivity index (χ2n) is 5.49. The summed E-state index contributed by atoms with van der Waals surface area (Å²) in [6.45, 7) is 4.98. The van der Waals surface area contributed by atoms with Crippen LogP contribution in [0.15, 0.2) is 28.8 Å². The van der Waals surface area contributed by atoms with Gasteiger partial charge in [-0.1, -0.05) is 28.9 Å². The predicted octanol–water partition coefficient (Wildman–Crippen LogP) is 2.42. The predicted molar refractivity (Wildman–Crippen MR) is 84.0 cm³/mol. The Morgan fingerprint density at radius 1 is 1.50 bits per heavy atom. The van der Waals surface area contributed by atoms with Gasteiger partial charge in [-0.2, -0.15) is 0 Å². The Hall–Kier alpha value is -1.85. The molecule has 22 heavy (non-hydrogen) atoms. The molecule has 1 aliphatic heterocycles. The number of benzene rings is 1. The van der Waals surface area contributed by atoms with Crippen molar-refractivity contribution < 1.29 is 9.32 Å². The topological polar surface area (TPSA) is 58.4 Å². The monoisotopic (exact) mass is 319 g/mol. The van der Waals surface area contributed by atoms with Crippen LogP contribution >= 0.6 is 11.6 Å². The number of amides is 1. The number of halogens is 1. The first-order chi connectivity index (χ1) is 10.6. The van der Waals surface area contributed by atoms with E-state index in [0.29, 0.717) is 12.2 Å². The van der Waals surface area contributed by atoms with Gasteiger partial charge in [0.1, 0.15) is 0 Å². The number of rotatable bonds is 4. The highest BCUT2D eigenvalue weighted by molar-refractivity contribution is 6.31. The van der Waals surface area contributed by atoms with Gasteiger partial charge in [0.05, 0.1) is 5.69 Å². The average molecular weight is 320 g/mol. The summed E-state index contributed by atoms with van der Waals surface area (Å²) < 4.78 is 4.94. The largest absolute Gasteiger partial charge is 0.351 e. The molecule has 0 saturated carbocycles. The third kappa shape index (κ3) is 3.31. The first-order valence-electron chi connectivity index (χ1n) is 7.33. The molecule has 1 N–H and O–H groups in total. The van der Waals surface area contributed by atoms with Crippen LogP contribution in [-0.2, 0) is 13.0 Å². The lowest BCUT2D eigenvalue weighted by atomic mass is 10.00. The van der Waals surface area contributed by atoms with Crippen LogP contribution in [-0.4, -0.2) is 35.6 Å². The summed E-state index contributed by atoms with van der Waals surface area (Å²) >= 11 is 6.21. The van der Waals surface area contributed by atoms with Crippen molar-refractivity contribution in [3.05, 3.63) is 51.9 Å². The summed E-state index contributed by atoms with van der Waals surface area (Å²) in [4.78, 5) is 14.2. The summed E-state index contributed by atoms with van der Waals surface area (Å²) in [6, 6.07) is 7.67. The molecule has 0 fully saturated rings. The van der Waals surface area contributed by atoms with Gasteiger partial charge in [0.15, 0.2) is 0 Å². The third-order valence-electron chi connectivity index (χ3n) is 3.85. The quantitative estimate of drug-likeness (QED) is 0.940. The van der Waals surface area contributed by atoms with Gasteiger partial charge in [-0.15, -0.1) is 0 Å². The average Bonchev–Trinajstić information content (AvgIpc) is 2.94. The molecular formula is C16H18ClN3O2. The van der Waals surface area contributed by atoms with Gasteiger partial charge in [0.25, 0.3) is 5.91 Å². The summed E-state index contributed by atoms with van der Waals surface area (Å²) in [7, 11) is 0. The van der Waals surface area contributed by atoms with Crippen molar-refractivity contribution in [3.63, 3.8) is 0 Å².